The summed E-state index contributed by atoms with van der Waals surface area (Å²) >= 11 is 4.41. The summed E-state index contributed by atoms with van der Waals surface area (Å²) in [6.45, 7) is 0. The van der Waals surface area contributed by atoms with Crippen LogP contribution in [0.15, 0.2) is 28.1 Å². The summed E-state index contributed by atoms with van der Waals surface area (Å²) in [5, 5.41) is 10.7. The van der Waals surface area contributed by atoms with E-state index in [4.69, 9.17) is 5.11 Å². The van der Waals surface area contributed by atoms with Gasteiger partial charge in [0.2, 0.25) is 0 Å². The van der Waals surface area contributed by atoms with Crippen LogP contribution in [0.4, 0.5) is 4.39 Å². The minimum absolute atomic E-state index is 0.144. The predicted molar refractivity (Wildman–Crippen MR) is 66.5 cm³/mol. The third-order valence-electron chi connectivity index (χ3n) is 2.05. The SMILES string of the molecule is O=C(O)Cc1csc(-c2ccc(Br)cc2F)n1. The van der Waals surface area contributed by atoms with Gasteiger partial charge in [0.15, 0.2) is 0 Å². The number of hydrogen-bond acceptors (Lipinski definition) is 3. The predicted octanol–water partition coefficient (Wildman–Crippen LogP) is 3.34. The van der Waals surface area contributed by atoms with Crippen molar-refractivity contribution in [3.63, 3.8) is 0 Å². The van der Waals surface area contributed by atoms with Crippen molar-refractivity contribution in [1.82, 2.24) is 4.98 Å². The maximum atomic E-state index is 13.6. The lowest BCUT2D eigenvalue weighted by molar-refractivity contribution is -0.136. The van der Waals surface area contributed by atoms with Crippen molar-refractivity contribution >= 4 is 33.2 Å². The first-order valence-electron chi connectivity index (χ1n) is 4.68. The molecule has 3 nitrogen and oxygen atoms in total. The molecule has 1 N–H and O–H groups in total. The van der Waals surface area contributed by atoms with E-state index >= 15 is 0 Å². The molecule has 1 heterocycles. The number of nitrogens with zero attached hydrogens (tertiary/aromatic N) is 1. The Morgan fingerprint density at radius 3 is 2.94 bits per heavy atom. The highest BCUT2D eigenvalue weighted by atomic mass is 79.9. The lowest BCUT2D eigenvalue weighted by atomic mass is 10.2. The first kappa shape index (κ1) is 12.2. The van der Waals surface area contributed by atoms with Gasteiger partial charge in [0.1, 0.15) is 10.8 Å². The molecule has 0 aliphatic heterocycles. The van der Waals surface area contributed by atoms with Crippen LogP contribution in [-0.2, 0) is 11.2 Å². The number of aromatic nitrogens is 1. The number of carboxylic acids is 1. The molecule has 1 aromatic carbocycles. The van der Waals surface area contributed by atoms with Crippen LogP contribution in [-0.4, -0.2) is 16.1 Å². The van der Waals surface area contributed by atoms with Gasteiger partial charge in [-0.15, -0.1) is 11.3 Å². The smallest absolute Gasteiger partial charge is 0.309 e. The van der Waals surface area contributed by atoms with E-state index in [1.54, 1.807) is 17.5 Å². The fourth-order valence-corrected chi connectivity index (χ4v) is 2.51. The zero-order chi connectivity index (χ0) is 12.4. The van der Waals surface area contributed by atoms with Crippen molar-refractivity contribution in [2.75, 3.05) is 0 Å². The van der Waals surface area contributed by atoms with Crippen molar-refractivity contribution in [3.05, 3.63) is 39.6 Å². The van der Waals surface area contributed by atoms with Gasteiger partial charge in [0.05, 0.1) is 12.1 Å². The number of aliphatic carboxylic acids is 1. The zero-order valence-corrected chi connectivity index (χ0v) is 10.9. The molecule has 0 bridgehead atoms. The van der Waals surface area contributed by atoms with Gasteiger partial charge in [-0.3, -0.25) is 4.79 Å². The lowest BCUT2D eigenvalue weighted by Gasteiger charge is -1.99. The Morgan fingerprint density at radius 2 is 2.29 bits per heavy atom. The molecule has 88 valence electrons. The molecule has 1 aromatic heterocycles. The van der Waals surface area contributed by atoms with E-state index in [1.165, 1.54) is 17.4 Å². The number of rotatable bonds is 3. The first-order valence-corrected chi connectivity index (χ1v) is 6.35. The molecule has 2 aromatic rings. The number of thiazole rings is 1. The minimum atomic E-state index is -0.946. The first-order chi connectivity index (χ1) is 8.06. The highest BCUT2D eigenvalue weighted by Gasteiger charge is 2.11. The highest BCUT2D eigenvalue weighted by Crippen LogP contribution is 2.28. The van der Waals surface area contributed by atoms with E-state index < -0.39 is 5.97 Å². The van der Waals surface area contributed by atoms with Gasteiger partial charge < -0.3 is 5.11 Å². The van der Waals surface area contributed by atoms with Gasteiger partial charge in [-0.25, -0.2) is 9.37 Å². The quantitative estimate of drug-likeness (QED) is 0.945. The maximum absolute atomic E-state index is 13.6. The molecule has 0 saturated heterocycles. The molecule has 17 heavy (non-hydrogen) atoms. The average Bonchev–Trinajstić information content (AvgIpc) is 2.65. The van der Waals surface area contributed by atoms with E-state index in [2.05, 4.69) is 20.9 Å². The van der Waals surface area contributed by atoms with E-state index in [1.807, 2.05) is 0 Å². The Balaban J connectivity index is 2.33. The standard InChI is InChI=1S/C11H7BrFNO2S/c12-6-1-2-8(9(13)3-6)11-14-7(5-17-11)4-10(15)16/h1-3,5H,4H2,(H,15,16). The van der Waals surface area contributed by atoms with Crippen molar-refractivity contribution in [3.8, 4) is 10.6 Å². The summed E-state index contributed by atoms with van der Waals surface area (Å²) in [5.41, 5.74) is 0.828. The summed E-state index contributed by atoms with van der Waals surface area (Å²) in [6, 6.07) is 4.69. The second-order valence-corrected chi connectivity index (χ2v) is 5.11. The Morgan fingerprint density at radius 1 is 1.53 bits per heavy atom. The third kappa shape index (κ3) is 2.89. The normalized spacial score (nSPS) is 10.5. The van der Waals surface area contributed by atoms with Crippen molar-refractivity contribution in [1.29, 1.82) is 0 Å². The van der Waals surface area contributed by atoms with Gasteiger partial charge in [-0.1, -0.05) is 15.9 Å². The molecule has 0 unspecified atom stereocenters. The van der Waals surface area contributed by atoms with Crippen LogP contribution >= 0.6 is 27.3 Å². The molecule has 0 radical (unpaired) electrons. The van der Waals surface area contributed by atoms with Crippen LogP contribution < -0.4 is 0 Å². The van der Waals surface area contributed by atoms with Crippen molar-refractivity contribution in [2.45, 2.75) is 6.42 Å². The van der Waals surface area contributed by atoms with Crippen LogP contribution in [0.2, 0.25) is 0 Å². The average molecular weight is 316 g/mol. The molecule has 0 amide bonds. The molecule has 0 aliphatic carbocycles. The van der Waals surface area contributed by atoms with E-state index in [0.29, 0.717) is 20.7 Å². The zero-order valence-electron chi connectivity index (χ0n) is 8.48. The second kappa shape index (κ2) is 4.93. The van der Waals surface area contributed by atoms with Gasteiger partial charge in [0, 0.05) is 15.4 Å². The van der Waals surface area contributed by atoms with E-state index in [9.17, 15) is 9.18 Å². The van der Waals surface area contributed by atoms with Crippen molar-refractivity contribution < 1.29 is 14.3 Å². The van der Waals surface area contributed by atoms with Crippen LogP contribution in [0.5, 0.6) is 0 Å². The number of benzene rings is 1. The lowest BCUT2D eigenvalue weighted by Crippen LogP contribution is -1.99. The number of carboxylic acid groups (broad SMARTS) is 1. The fourth-order valence-electron chi connectivity index (χ4n) is 1.33. The Bertz CT molecular complexity index is 570. The van der Waals surface area contributed by atoms with Crippen LogP contribution in [0, 0.1) is 5.82 Å². The minimum Gasteiger partial charge on any atom is -0.481 e. The third-order valence-corrected chi connectivity index (χ3v) is 3.46. The molecule has 0 aliphatic rings. The Labute approximate surface area is 109 Å². The molecule has 0 fully saturated rings. The molecule has 6 heteroatoms. The summed E-state index contributed by atoms with van der Waals surface area (Å²) in [6.07, 6.45) is -0.144. The molecule has 2 rings (SSSR count). The molecule has 0 spiro atoms. The molecular weight excluding hydrogens is 309 g/mol. The Kier molecular flexibility index (Phi) is 3.54. The molecule has 0 saturated carbocycles. The monoisotopic (exact) mass is 315 g/mol. The van der Waals surface area contributed by atoms with Gasteiger partial charge in [-0.05, 0) is 18.2 Å². The Hall–Kier alpha value is -1.27. The fraction of sp³-hybridized carbons (Fsp3) is 0.0909. The molecular formula is C11H7BrFNO2S. The van der Waals surface area contributed by atoms with E-state index in [0.717, 1.165) is 0 Å². The van der Waals surface area contributed by atoms with Crippen LogP contribution in [0.25, 0.3) is 10.6 Å². The van der Waals surface area contributed by atoms with E-state index in [-0.39, 0.29) is 12.2 Å². The highest BCUT2D eigenvalue weighted by molar-refractivity contribution is 9.10. The number of carbonyl (C=O) groups is 1. The largest absolute Gasteiger partial charge is 0.481 e. The number of hydrogen-bond donors (Lipinski definition) is 1. The van der Waals surface area contributed by atoms with Crippen molar-refractivity contribution in [2.24, 2.45) is 0 Å². The van der Waals surface area contributed by atoms with Gasteiger partial charge in [-0.2, -0.15) is 0 Å². The molecule has 0 atom stereocenters. The van der Waals surface area contributed by atoms with Crippen LogP contribution in [0.1, 0.15) is 5.69 Å². The summed E-state index contributed by atoms with van der Waals surface area (Å²) in [7, 11) is 0. The second-order valence-electron chi connectivity index (χ2n) is 3.34. The summed E-state index contributed by atoms with van der Waals surface area (Å²) in [5.74, 6) is -1.33. The number of halogens is 2. The van der Waals surface area contributed by atoms with Gasteiger partial charge in [0.25, 0.3) is 0 Å². The summed E-state index contributed by atoms with van der Waals surface area (Å²) in [4.78, 5) is 14.6. The van der Waals surface area contributed by atoms with Gasteiger partial charge >= 0.3 is 5.97 Å². The maximum Gasteiger partial charge on any atom is 0.309 e. The topological polar surface area (TPSA) is 50.2 Å². The summed E-state index contributed by atoms with van der Waals surface area (Å²) < 4.78 is 14.3. The van der Waals surface area contributed by atoms with Crippen LogP contribution in [0.3, 0.4) is 0 Å².